The number of para-hydroxylation sites is 3. The van der Waals surface area contributed by atoms with Gasteiger partial charge in [-0.05, 0) is 18.2 Å². The van der Waals surface area contributed by atoms with E-state index in [1.165, 1.54) is 0 Å². The first-order chi connectivity index (χ1) is 15.6. The third kappa shape index (κ3) is 3.44. The van der Waals surface area contributed by atoms with Crippen molar-refractivity contribution in [3.8, 4) is 5.75 Å². The maximum atomic E-state index is 13.3. The SMILES string of the molecule is O=C(CN1C(=O)N[C@]2(CCOc3ccccc32)C1=O)Nc1ccccc1N1CCOCC1. The fourth-order valence-electron chi connectivity index (χ4n) is 4.51. The number of carbonyl (C=O) groups excluding carboxylic acids is 3. The lowest BCUT2D eigenvalue weighted by molar-refractivity contribution is -0.135. The molecule has 5 rings (SSSR count). The molecular weight excluding hydrogens is 412 g/mol. The number of nitrogens with one attached hydrogen (secondary N) is 2. The first-order valence-electron chi connectivity index (χ1n) is 10.7. The number of ether oxygens (including phenoxy) is 2. The van der Waals surface area contributed by atoms with E-state index in [1.807, 2.05) is 30.3 Å². The number of hydrogen-bond acceptors (Lipinski definition) is 6. The first kappa shape index (κ1) is 20.3. The summed E-state index contributed by atoms with van der Waals surface area (Å²) < 4.78 is 11.1. The molecule has 0 aliphatic carbocycles. The van der Waals surface area contributed by atoms with E-state index in [2.05, 4.69) is 15.5 Å². The van der Waals surface area contributed by atoms with E-state index in [0.29, 0.717) is 43.2 Å². The van der Waals surface area contributed by atoms with Crippen LogP contribution in [0.5, 0.6) is 5.75 Å². The molecule has 2 aromatic rings. The average Bonchev–Trinajstić information content (AvgIpc) is 3.05. The van der Waals surface area contributed by atoms with Crippen molar-refractivity contribution in [3.05, 3.63) is 54.1 Å². The minimum absolute atomic E-state index is 0.302. The summed E-state index contributed by atoms with van der Waals surface area (Å²) >= 11 is 0. The third-order valence-corrected chi connectivity index (χ3v) is 6.09. The Hall–Kier alpha value is -3.59. The van der Waals surface area contributed by atoms with Crippen LogP contribution < -0.4 is 20.3 Å². The second-order valence-corrected chi connectivity index (χ2v) is 7.99. The second-order valence-electron chi connectivity index (χ2n) is 7.99. The number of fused-ring (bicyclic) bond motifs is 2. The number of hydrogen-bond donors (Lipinski definition) is 2. The lowest BCUT2D eigenvalue weighted by Crippen LogP contribution is -2.48. The predicted octanol–water partition coefficient (Wildman–Crippen LogP) is 1.69. The Kier molecular flexibility index (Phi) is 5.18. The predicted molar refractivity (Wildman–Crippen MR) is 117 cm³/mol. The fraction of sp³-hybridized carbons (Fsp3) is 0.348. The van der Waals surface area contributed by atoms with Crippen LogP contribution in [0.4, 0.5) is 16.2 Å². The number of amides is 4. The van der Waals surface area contributed by atoms with Gasteiger partial charge in [-0.1, -0.05) is 30.3 Å². The largest absolute Gasteiger partial charge is 0.493 e. The number of rotatable bonds is 4. The van der Waals surface area contributed by atoms with Gasteiger partial charge < -0.3 is 25.0 Å². The van der Waals surface area contributed by atoms with Gasteiger partial charge in [0.25, 0.3) is 5.91 Å². The van der Waals surface area contributed by atoms with E-state index >= 15 is 0 Å². The van der Waals surface area contributed by atoms with Crippen molar-refractivity contribution in [2.24, 2.45) is 0 Å². The molecular formula is C23H24N4O5. The van der Waals surface area contributed by atoms with E-state index in [4.69, 9.17) is 9.47 Å². The van der Waals surface area contributed by atoms with E-state index in [1.54, 1.807) is 18.2 Å². The summed E-state index contributed by atoms with van der Waals surface area (Å²) in [6, 6.07) is 14.1. The van der Waals surface area contributed by atoms with Crippen molar-refractivity contribution in [3.63, 3.8) is 0 Å². The molecule has 0 unspecified atom stereocenters. The number of nitrogens with zero attached hydrogens (tertiary/aromatic N) is 2. The topological polar surface area (TPSA) is 100 Å². The van der Waals surface area contributed by atoms with Gasteiger partial charge in [-0.3, -0.25) is 14.5 Å². The van der Waals surface area contributed by atoms with Crippen LogP contribution in [0.25, 0.3) is 0 Å². The van der Waals surface area contributed by atoms with Crippen LogP contribution >= 0.6 is 0 Å². The van der Waals surface area contributed by atoms with Gasteiger partial charge in [0.05, 0.1) is 31.2 Å². The van der Waals surface area contributed by atoms with Crippen molar-refractivity contribution >= 4 is 29.2 Å². The average molecular weight is 436 g/mol. The number of carbonyl (C=O) groups is 3. The molecule has 2 aromatic carbocycles. The quantitative estimate of drug-likeness (QED) is 0.708. The Balaban J connectivity index is 1.33. The van der Waals surface area contributed by atoms with Gasteiger partial charge in [-0.25, -0.2) is 4.79 Å². The van der Waals surface area contributed by atoms with Crippen LogP contribution in [0, 0.1) is 0 Å². The van der Waals surface area contributed by atoms with Crippen molar-refractivity contribution < 1.29 is 23.9 Å². The zero-order chi connectivity index (χ0) is 22.1. The van der Waals surface area contributed by atoms with Crippen molar-refractivity contribution in [1.29, 1.82) is 0 Å². The van der Waals surface area contributed by atoms with Crippen molar-refractivity contribution in [2.75, 3.05) is 49.7 Å². The minimum Gasteiger partial charge on any atom is -0.493 e. The molecule has 2 saturated heterocycles. The normalized spacial score (nSPS) is 22.4. The molecule has 3 heterocycles. The lowest BCUT2D eigenvalue weighted by atomic mass is 9.84. The molecule has 9 heteroatoms. The van der Waals surface area contributed by atoms with Crippen LogP contribution in [-0.2, 0) is 19.9 Å². The van der Waals surface area contributed by atoms with Crippen LogP contribution in [0.2, 0.25) is 0 Å². The molecule has 32 heavy (non-hydrogen) atoms. The van der Waals surface area contributed by atoms with Gasteiger partial charge in [0.2, 0.25) is 5.91 Å². The highest BCUT2D eigenvalue weighted by atomic mass is 16.5. The molecule has 166 valence electrons. The summed E-state index contributed by atoms with van der Waals surface area (Å²) in [5, 5.41) is 5.68. The molecule has 0 radical (unpaired) electrons. The summed E-state index contributed by atoms with van der Waals surface area (Å²) in [4.78, 5) is 42.0. The van der Waals surface area contributed by atoms with Crippen LogP contribution in [-0.4, -0.2) is 62.2 Å². The Morgan fingerprint density at radius 1 is 1.03 bits per heavy atom. The Bertz CT molecular complexity index is 1070. The zero-order valence-electron chi connectivity index (χ0n) is 17.5. The van der Waals surface area contributed by atoms with Gasteiger partial charge in [-0.2, -0.15) is 0 Å². The van der Waals surface area contributed by atoms with Crippen molar-refractivity contribution in [1.82, 2.24) is 10.2 Å². The van der Waals surface area contributed by atoms with E-state index in [-0.39, 0.29) is 6.54 Å². The highest BCUT2D eigenvalue weighted by Crippen LogP contribution is 2.41. The van der Waals surface area contributed by atoms with Gasteiger partial charge >= 0.3 is 6.03 Å². The van der Waals surface area contributed by atoms with E-state index < -0.39 is 23.4 Å². The molecule has 0 aromatic heterocycles. The van der Waals surface area contributed by atoms with Crippen molar-refractivity contribution in [2.45, 2.75) is 12.0 Å². The summed E-state index contributed by atoms with van der Waals surface area (Å²) in [6.45, 7) is 2.63. The molecule has 9 nitrogen and oxygen atoms in total. The highest BCUT2D eigenvalue weighted by molar-refractivity contribution is 6.11. The summed E-state index contributed by atoms with van der Waals surface area (Å²) in [7, 11) is 0. The van der Waals surface area contributed by atoms with Gasteiger partial charge in [0.1, 0.15) is 12.3 Å². The molecule has 4 amide bonds. The molecule has 0 bridgehead atoms. The smallest absolute Gasteiger partial charge is 0.325 e. The number of urea groups is 1. The minimum atomic E-state index is -1.20. The number of benzene rings is 2. The zero-order valence-corrected chi connectivity index (χ0v) is 17.5. The Morgan fingerprint density at radius 2 is 1.78 bits per heavy atom. The first-order valence-corrected chi connectivity index (χ1v) is 10.7. The molecule has 3 aliphatic heterocycles. The monoisotopic (exact) mass is 436 g/mol. The highest BCUT2D eigenvalue weighted by Gasteiger charge is 2.55. The molecule has 2 fully saturated rings. The summed E-state index contributed by atoms with van der Waals surface area (Å²) in [5.74, 6) is -0.306. The lowest BCUT2D eigenvalue weighted by Gasteiger charge is -2.33. The van der Waals surface area contributed by atoms with Crippen LogP contribution in [0.1, 0.15) is 12.0 Å². The number of imide groups is 1. The summed E-state index contributed by atoms with van der Waals surface area (Å²) in [6.07, 6.45) is 0.312. The van der Waals surface area contributed by atoms with Gasteiger partial charge in [0, 0.05) is 25.1 Å². The second kappa shape index (κ2) is 8.16. The molecule has 0 saturated carbocycles. The Morgan fingerprint density at radius 3 is 2.62 bits per heavy atom. The van der Waals surface area contributed by atoms with E-state index in [0.717, 1.165) is 23.7 Å². The number of morpholine rings is 1. The maximum Gasteiger partial charge on any atom is 0.325 e. The van der Waals surface area contributed by atoms with Crippen LogP contribution in [0.15, 0.2) is 48.5 Å². The molecule has 2 N–H and O–H groups in total. The van der Waals surface area contributed by atoms with E-state index in [9.17, 15) is 14.4 Å². The van der Waals surface area contributed by atoms with Gasteiger partial charge in [-0.15, -0.1) is 0 Å². The third-order valence-electron chi connectivity index (χ3n) is 6.09. The summed E-state index contributed by atoms with van der Waals surface area (Å²) in [5.41, 5.74) is 0.941. The molecule has 1 atom stereocenters. The van der Waals surface area contributed by atoms with Crippen LogP contribution in [0.3, 0.4) is 0 Å². The molecule has 3 aliphatic rings. The Labute approximate surface area is 185 Å². The number of anilines is 2. The maximum absolute atomic E-state index is 13.3. The van der Waals surface area contributed by atoms with Gasteiger partial charge in [0.15, 0.2) is 5.54 Å². The fourth-order valence-corrected chi connectivity index (χ4v) is 4.51. The standard InChI is InChI=1S/C23H24N4O5/c28-20(24-17-6-2-3-7-18(17)26-10-13-31-14-11-26)15-27-21(29)23(25-22(27)30)9-12-32-19-8-4-1-5-16(19)23/h1-8H,9-15H2,(H,24,28)(H,25,30)/t23-/m0/s1. The molecule has 1 spiro atoms.